The highest BCUT2D eigenvalue weighted by Gasteiger charge is 2.39. The molecule has 0 radical (unpaired) electrons. The molecule has 0 aromatic rings. The van der Waals surface area contributed by atoms with Crippen LogP contribution in [0.4, 0.5) is 0 Å². The molecule has 1 rings (SSSR count). The van der Waals surface area contributed by atoms with Crippen LogP contribution in [0.5, 0.6) is 0 Å². The number of carbonyl (C=O) groups excluding carboxylic acids is 2. The van der Waals surface area contributed by atoms with Gasteiger partial charge in [0.05, 0.1) is 19.2 Å². The van der Waals surface area contributed by atoms with E-state index in [1.54, 1.807) is 0 Å². The number of ether oxygens (including phenoxy) is 2. The molecule has 0 saturated carbocycles. The molecule has 1 saturated heterocycles. The molecular formula is C24H46N2O6. The first-order chi connectivity index (χ1) is 15.3. The minimum atomic E-state index is -1.25. The van der Waals surface area contributed by atoms with E-state index in [2.05, 4.69) is 24.5 Å². The number of aliphatic hydroxyl groups is 2. The highest BCUT2D eigenvalue weighted by molar-refractivity contribution is 5.84. The SMILES string of the molecule is CO[C@@H]1OC[C@@H](NC(=O)CNC(=O)CCCCCCCCCCCCC(C)C)[C@@H](O)[C@H]1O. The Hall–Kier alpha value is -1.22. The van der Waals surface area contributed by atoms with Crippen molar-refractivity contribution in [2.45, 2.75) is 115 Å². The van der Waals surface area contributed by atoms with E-state index in [-0.39, 0.29) is 19.1 Å². The van der Waals surface area contributed by atoms with Crippen LogP contribution >= 0.6 is 0 Å². The van der Waals surface area contributed by atoms with E-state index >= 15 is 0 Å². The van der Waals surface area contributed by atoms with Gasteiger partial charge < -0.3 is 30.3 Å². The minimum absolute atomic E-state index is 0.0224. The number of rotatable bonds is 17. The summed E-state index contributed by atoms with van der Waals surface area (Å²) >= 11 is 0. The number of hydrogen-bond donors (Lipinski definition) is 4. The van der Waals surface area contributed by atoms with Crippen molar-refractivity contribution < 1.29 is 29.3 Å². The van der Waals surface area contributed by atoms with E-state index in [1.807, 2.05) is 0 Å². The van der Waals surface area contributed by atoms with Gasteiger partial charge in [0.15, 0.2) is 6.29 Å². The molecule has 0 aromatic carbocycles. The summed E-state index contributed by atoms with van der Waals surface area (Å²) in [7, 11) is 1.37. The van der Waals surface area contributed by atoms with Crippen molar-refractivity contribution in [3.05, 3.63) is 0 Å². The second kappa shape index (κ2) is 17.3. The lowest BCUT2D eigenvalue weighted by atomic mass is 10.0. The zero-order valence-corrected chi connectivity index (χ0v) is 20.3. The molecular weight excluding hydrogens is 412 g/mol. The number of hydrogen-bond acceptors (Lipinski definition) is 6. The highest BCUT2D eigenvalue weighted by atomic mass is 16.7. The normalized spacial score (nSPS) is 23.3. The average molecular weight is 459 g/mol. The predicted octanol–water partition coefficient (Wildman–Crippen LogP) is 2.65. The van der Waals surface area contributed by atoms with E-state index in [9.17, 15) is 19.8 Å². The lowest BCUT2D eigenvalue weighted by Gasteiger charge is -2.36. The quantitative estimate of drug-likeness (QED) is 0.249. The molecule has 188 valence electrons. The second-order valence-electron chi connectivity index (χ2n) is 9.34. The van der Waals surface area contributed by atoms with Crippen molar-refractivity contribution in [1.82, 2.24) is 10.6 Å². The maximum absolute atomic E-state index is 12.0. The van der Waals surface area contributed by atoms with Gasteiger partial charge in [0, 0.05) is 13.5 Å². The Kier molecular flexibility index (Phi) is 15.6. The second-order valence-corrected chi connectivity index (χ2v) is 9.34. The molecule has 0 unspecified atom stereocenters. The summed E-state index contributed by atoms with van der Waals surface area (Å²) in [4.78, 5) is 23.9. The van der Waals surface area contributed by atoms with Crippen LogP contribution in [-0.4, -0.2) is 66.8 Å². The van der Waals surface area contributed by atoms with Crippen LogP contribution in [0.15, 0.2) is 0 Å². The molecule has 2 amide bonds. The molecule has 1 aliphatic heterocycles. The number of methoxy groups -OCH3 is 1. The lowest BCUT2D eigenvalue weighted by Crippen LogP contribution is -2.60. The van der Waals surface area contributed by atoms with Crippen molar-refractivity contribution in [1.29, 1.82) is 0 Å². The first-order valence-electron chi connectivity index (χ1n) is 12.4. The average Bonchev–Trinajstić information content (AvgIpc) is 2.76. The van der Waals surface area contributed by atoms with E-state index < -0.39 is 30.4 Å². The van der Waals surface area contributed by atoms with Gasteiger partial charge in [-0.05, 0) is 12.3 Å². The van der Waals surface area contributed by atoms with Crippen LogP contribution in [0.1, 0.15) is 90.9 Å². The summed E-state index contributed by atoms with van der Waals surface area (Å²) in [6.45, 7) is 4.42. The van der Waals surface area contributed by atoms with E-state index in [0.717, 1.165) is 25.2 Å². The number of nitrogens with one attached hydrogen (secondary N) is 2. The van der Waals surface area contributed by atoms with Gasteiger partial charge in [-0.15, -0.1) is 0 Å². The van der Waals surface area contributed by atoms with Crippen LogP contribution in [0, 0.1) is 5.92 Å². The van der Waals surface area contributed by atoms with Gasteiger partial charge in [0.2, 0.25) is 11.8 Å². The Labute approximate surface area is 193 Å². The number of carbonyl (C=O) groups is 2. The fraction of sp³-hybridized carbons (Fsp3) is 0.917. The van der Waals surface area contributed by atoms with Crippen molar-refractivity contribution in [3.63, 3.8) is 0 Å². The zero-order valence-electron chi connectivity index (χ0n) is 20.3. The largest absolute Gasteiger partial charge is 0.388 e. The van der Waals surface area contributed by atoms with Gasteiger partial charge >= 0.3 is 0 Å². The number of amides is 2. The van der Waals surface area contributed by atoms with Gasteiger partial charge in [-0.3, -0.25) is 9.59 Å². The van der Waals surface area contributed by atoms with Crippen LogP contribution in [0.3, 0.4) is 0 Å². The van der Waals surface area contributed by atoms with Crippen molar-refractivity contribution in [2.75, 3.05) is 20.3 Å². The molecule has 1 heterocycles. The Bertz CT molecular complexity index is 517. The number of unbranched alkanes of at least 4 members (excludes halogenated alkanes) is 9. The number of aliphatic hydroxyl groups excluding tert-OH is 2. The van der Waals surface area contributed by atoms with Crippen molar-refractivity contribution in [3.8, 4) is 0 Å². The van der Waals surface area contributed by atoms with Crippen LogP contribution in [0.25, 0.3) is 0 Å². The summed E-state index contributed by atoms with van der Waals surface area (Å²) in [5, 5.41) is 25.1. The van der Waals surface area contributed by atoms with Gasteiger partial charge in [-0.25, -0.2) is 0 Å². The Morgan fingerprint density at radius 2 is 1.47 bits per heavy atom. The first-order valence-corrected chi connectivity index (χ1v) is 12.4. The van der Waals surface area contributed by atoms with E-state index in [0.29, 0.717) is 6.42 Å². The molecule has 1 aliphatic rings. The smallest absolute Gasteiger partial charge is 0.239 e. The summed E-state index contributed by atoms with van der Waals surface area (Å²) in [5.41, 5.74) is 0. The molecule has 32 heavy (non-hydrogen) atoms. The third-order valence-electron chi connectivity index (χ3n) is 5.94. The maximum Gasteiger partial charge on any atom is 0.239 e. The summed E-state index contributed by atoms with van der Waals surface area (Å²) < 4.78 is 10.1. The van der Waals surface area contributed by atoms with Crippen LogP contribution < -0.4 is 10.6 Å². The van der Waals surface area contributed by atoms with E-state index in [4.69, 9.17) is 9.47 Å². The zero-order chi connectivity index (χ0) is 23.8. The van der Waals surface area contributed by atoms with Gasteiger partial charge in [0.1, 0.15) is 12.2 Å². The molecule has 8 nitrogen and oxygen atoms in total. The molecule has 0 aromatic heterocycles. The predicted molar refractivity (Wildman–Crippen MR) is 124 cm³/mol. The van der Waals surface area contributed by atoms with Crippen molar-refractivity contribution >= 4 is 11.8 Å². The maximum atomic E-state index is 12.0. The van der Waals surface area contributed by atoms with Gasteiger partial charge in [-0.2, -0.15) is 0 Å². The third-order valence-corrected chi connectivity index (χ3v) is 5.94. The van der Waals surface area contributed by atoms with Gasteiger partial charge in [0.25, 0.3) is 0 Å². The monoisotopic (exact) mass is 458 g/mol. The topological polar surface area (TPSA) is 117 Å². The Morgan fingerprint density at radius 1 is 0.906 bits per heavy atom. The fourth-order valence-electron chi connectivity index (χ4n) is 3.91. The Morgan fingerprint density at radius 3 is 2.03 bits per heavy atom. The third kappa shape index (κ3) is 12.7. The summed E-state index contributed by atoms with van der Waals surface area (Å²) in [6.07, 6.45) is 10.6. The lowest BCUT2D eigenvalue weighted by molar-refractivity contribution is -0.240. The minimum Gasteiger partial charge on any atom is -0.388 e. The Balaban J connectivity index is 1.96. The molecule has 4 N–H and O–H groups in total. The molecule has 0 bridgehead atoms. The highest BCUT2D eigenvalue weighted by Crippen LogP contribution is 2.16. The van der Waals surface area contributed by atoms with Crippen LogP contribution in [0.2, 0.25) is 0 Å². The van der Waals surface area contributed by atoms with Crippen LogP contribution in [-0.2, 0) is 19.1 Å². The first kappa shape index (κ1) is 28.8. The van der Waals surface area contributed by atoms with Crippen molar-refractivity contribution in [2.24, 2.45) is 5.92 Å². The molecule has 8 heteroatoms. The molecule has 1 fully saturated rings. The van der Waals surface area contributed by atoms with E-state index in [1.165, 1.54) is 58.5 Å². The molecule has 0 spiro atoms. The summed E-state index contributed by atoms with van der Waals surface area (Å²) in [6, 6.07) is -0.749. The standard InChI is InChI=1S/C24H46N2O6/c1-18(2)14-12-10-8-6-4-5-7-9-11-13-15-20(27)25-16-21(28)26-19-17-32-24(31-3)23(30)22(19)29/h18-19,22-24,29-30H,4-17H2,1-3H3,(H,25,27)(H,26,28)/t19-,22-,23-,24-/m1/s1. The fourth-order valence-corrected chi connectivity index (χ4v) is 3.91. The summed E-state index contributed by atoms with van der Waals surface area (Å²) in [5.74, 6) is 0.236. The molecule has 0 aliphatic carbocycles. The van der Waals surface area contributed by atoms with Gasteiger partial charge in [-0.1, -0.05) is 78.1 Å². The molecule has 4 atom stereocenters.